The van der Waals surface area contributed by atoms with Gasteiger partial charge in [0.2, 0.25) is 0 Å². The van der Waals surface area contributed by atoms with Crippen molar-refractivity contribution < 1.29 is 4.79 Å². The lowest BCUT2D eigenvalue weighted by atomic mass is 10.2. The normalized spacial score (nSPS) is 22.6. The number of hydrogen-bond acceptors (Lipinski definition) is 6. The second-order valence-corrected chi connectivity index (χ2v) is 8.51. The van der Waals surface area contributed by atoms with Crippen LogP contribution in [-0.4, -0.2) is 69.9 Å². The molecule has 5 heterocycles. The molecule has 0 N–H and O–H groups in total. The summed E-state index contributed by atoms with van der Waals surface area (Å²) in [6, 6.07) is 2.55. The molecule has 2 saturated heterocycles. The summed E-state index contributed by atoms with van der Waals surface area (Å²) >= 11 is 1.97. The van der Waals surface area contributed by atoms with E-state index in [-0.39, 0.29) is 6.03 Å². The van der Waals surface area contributed by atoms with Gasteiger partial charge >= 0.3 is 6.03 Å². The molecule has 0 aromatic carbocycles. The average molecular weight is 385 g/mol. The van der Waals surface area contributed by atoms with Crippen molar-refractivity contribution in [1.82, 2.24) is 24.9 Å². The average Bonchev–Trinajstić information content (AvgIpc) is 3.42. The van der Waals surface area contributed by atoms with Crippen LogP contribution in [0.3, 0.4) is 0 Å². The second kappa shape index (κ2) is 6.70. The monoisotopic (exact) mass is 385 g/mol. The first-order valence-electron chi connectivity index (χ1n) is 9.44. The van der Waals surface area contributed by atoms with Crippen LogP contribution in [0.15, 0.2) is 18.5 Å². The maximum Gasteiger partial charge on any atom is 0.324 e. The first-order chi connectivity index (χ1) is 13.2. The fraction of sp³-hybridized carbons (Fsp3) is 0.556. The third-order valence-electron chi connectivity index (χ3n) is 5.67. The van der Waals surface area contributed by atoms with Gasteiger partial charge in [-0.3, -0.25) is 9.58 Å². The first kappa shape index (κ1) is 16.9. The van der Waals surface area contributed by atoms with E-state index in [0.717, 1.165) is 67.7 Å². The van der Waals surface area contributed by atoms with Gasteiger partial charge in [-0.15, -0.1) is 5.10 Å². The molecule has 2 amide bonds. The molecule has 2 aromatic rings. The first-order valence-corrected chi connectivity index (χ1v) is 10.6. The quantitative estimate of drug-likeness (QED) is 0.802. The topological polar surface area (TPSA) is 70.4 Å². The molecule has 0 bridgehead atoms. The van der Waals surface area contributed by atoms with E-state index < -0.39 is 0 Å². The molecule has 0 saturated carbocycles. The van der Waals surface area contributed by atoms with E-state index in [0.29, 0.717) is 6.04 Å². The number of hydrogen-bond donors (Lipinski definition) is 0. The number of thioether (sulfide) groups is 1. The predicted octanol–water partition coefficient (Wildman–Crippen LogP) is 1.79. The summed E-state index contributed by atoms with van der Waals surface area (Å²) in [5.74, 6) is 3.15. The van der Waals surface area contributed by atoms with Gasteiger partial charge < -0.3 is 9.80 Å². The van der Waals surface area contributed by atoms with E-state index in [4.69, 9.17) is 0 Å². The van der Waals surface area contributed by atoms with Crippen LogP contribution in [0.25, 0.3) is 0 Å². The molecular weight excluding hydrogens is 362 g/mol. The molecule has 27 heavy (non-hydrogen) atoms. The van der Waals surface area contributed by atoms with Crippen LogP contribution in [0, 0.1) is 0 Å². The van der Waals surface area contributed by atoms with Crippen molar-refractivity contribution in [3.8, 4) is 0 Å². The summed E-state index contributed by atoms with van der Waals surface area (Å²) < 4.78 is 2.00. The fourth-order valence-electron chi connectivity index (χ4n) is 4.00. The highest BCUT2D eigenvalue weighted by Crippen LogP contribution is 2.30. The molecule has 9 heteroatoms. The Labute approximate surface area is 162 Å². The standard InChI is InChI=1S/C18H23N7OS/c1-22-5-6-24(18(22)26)15-9-19-25(11-15)14-2-4-23(10-14)17-8-13-12-27-7-3-16(13)20-21-17/h8-9,11,14H,2-7,10,12H2,1H3. The molecule has 1 atom stereocenters. The van der Waals surface area contributed by atoms with Gasteiger partial charge in [0.1, 0.15) is 0 Å². The van der Waals surface area contributed by atoms with Crippen LogP contribution in [-0.2, 0) is 12.2 Å². The maximum atomic E-state index is 12.2. The lowest BCUT2D eigenvalue weighted by Gasteiger charge is -2.20. The molecule has 3 aliphatic rings. The number of rotatable bonds is 3. The van der Waals surface area contributed by atoms with Crippen molar-refractivity contribution in [3.63, 3.8) is 0 Å². The molecule has 0 radical (unpaired) electrons. The van der Waals surface area contributed by atoms with Crippen LogP contribution < -0.4 is 9.80 Å². The Hall–Kier alpha value is -2.29. The summed E-state index contributed by atoms with van der Waals surface area (Å²) in [6.45, 7) is 3.30. The second-order valence-electron chi connectivity index (χ2n) is 7.40. The van der Waals surface area contributed by atoms with Gasteiger partial charge in [0.05, 0.1) is 23.6 Å². The molecule has 8 nitrogen and oxygen atoms in total. The Morgan fingerprint density at radius 3 is 3.00 bits per heavy atom. The minimum absolute atomic E-state index is 0.0461. The van der Waals surface area contributed by atoms with E-state index in [1.165, 1.54) is 5.56 Å². The minimum Gasteiger partial charge on any atom is -0.353 e. The van der Waals surface area contributed by atoms with Gasteiger partial charge in [0.25, 0.3) is 0 Å². The number of fused-ring (bicyclic) bond motifs is 1. The zero-order valence-corrected chi connectivity index (χ0v) is 16.2. The SMILES string of the molecule is CN1CCN(c2cnn(C3CCN(c4cc5c(nn4)CCSC5)C3)c2)C1=O. The number of amides is 2. The highest BCUT2D eigenvalue weighted by molar-refractivity contribution is 7.98. The number of urea groups is 1. The van der Waals surface area contributed by atoms with E-state index in [2.05, 4.69) is 26.3 Å². The van der Waals surface area contributed by atoms with Gasteiger partial charge in [0.15, 0.2) is 5.82 Å². The lowest BCUT2D eigenvalue weighted by Crippen LogP contribution is -2.28. The fourth-order valence-corrected chi connectivity index (χ4v) is 4.96. The van der Waals surface area contributed by atoms with Crippen LogP contribution in [0.5, 0.6) is 0 Å². The molecular formula is C18H23N7OS. The molecule has 0 aliphatic carbocycles. The van der Waals surface area contributed by atoms with E-state index >= 15 is 0 Å². The number of carbonyl (C=O) groups is 1. The van der Waals surface area contributed by atoms with Crippen molar-refractivity contribution in [2.24, 2.45) is 0 Å². The molecule has 5 rings (SSSR count). The van der Waals surface area contributed by atoms with Gasteiger partial charge in [-0.2, -0.15) is 22.0 Å². The molecule has 0 spiro atoms. The van der Waals surface area contributed by atoms with Crippen LogP contribution >= 0.6 is 11.8 Å². The molecule has 3 aliphatic heterocycles. The van der Waals surface area contributed by atoms with E-state index in [1.54, 1.807) is 16.0 Å². The number of aromatic nitrogens is 4. The largest absolute Gasteiger partial charge is 0.353 e. The minimum atomic E-state index is 0.0461. The molecule has 2 aromatic heterocycles. The van der Waals surface area contributed by atoms with Gasteiger partial charge in [-0.25, -0.2) is 4.79 Å². The van der Waals surface area contributed by atoms with Crippen LogP contribution in [0.1, 0.15) is 23.7 Å². The Balaban J connectivity index is 1.29. The van der Waals surface area contributed by atoms with Crippen molar-refractivity contribution in [2.75, 3.05) is 48.8 Å². The van der Waals surface area contributed by atoms with Crippen molar-refractivity contribution in [1.29, 1.82) is 0 Å². The van der Waals surface area contributed by atoms with Gasteiger partial charge in [-0.05, 0) is 23.8 Å². The Kier molecular flexibility index (Phi) is 4.18. The lowest BCUT2D eigenvalue weighted by molar-refractivity contribution is 0.229. The number of carbonyl (C=O) groups excluding carboxylic acids is 1. The zero-order valence-electron chi connectivity index (χ0n) is 15.4. The van der Waals surface area contributed by atoms with Crippen molar-refractivity contribution in [3.05, 3.63) is 29.7 Å². The Morgan fingerprint density at radius 1 is 1.22 bits per heavy atom. The third-order valence-corrected chi connectivity index (χ3v) is 6.67. The Bertz CT molecular complexity index is 869. The smallest absolute Gasteiger partial charge is 0.324 e. The summed E-state index contributed by atoms with van der Waals surface area (Å²) in [5, 5.41) is 13.5. The van der Waals surface area contributed by atoms with Gasteiger partial charge in [0, 0.05) is 51.6 Å². The number of anilines is 2. The summed E-state index contributed by atoms with van der Waals surface area (Å²) in [5.41, 5.74) is 3.37. The highest BCUT2D eigenvalue weighted by Gasteiger charge is 2.30. The van der Waals surface area contributed by atoms with Crippen LogP contribution in [0.2, 0.25) is 0 Å². The third kappa shape index (κ3) is 3.03. The predicted molar refractivity (Wildman–Crippen MR) is 105 cm³/mol. The zero-order chi connectivity index (χ0) is 18.4. The number of aryl methyl sites for hydroxylation is 1. The van der Waals surface area contributed by atoms with Crippen LogP contribution in [0.4, 0.5) is 16.3 Å². The van der Waals surface area contributed by atoms with E-state index in [9.17, 15) is 4.79 Å². The van der Waals surface area contributed by atoms with Crippen molar-refractivity contribution in [2.45, 2.75) is 24.6 Å². The Morgan fingerprint density at radius 2 is 2.15 bits per heavy atom. The van der Waals surface area contributed by atoms with Crippen molar-refractivity contribution >= 4 is 29.3 Å². The van der Waals surface area contributed by atoms with E-state index in [1.807, 2.05) is 29.7 Å². The molecule has 142 valence electrons. The number of likely N-dealkylation sites (N-methyl/N-ethyl adjacent to an activating group) is 1. The summed E-state index contributed by atoms with van der Waals surface area (Å²) in [7, 11) is 1.83. The summed E-state index contributed by atoms with van der Waals surface area (Å²) in [6.07, 6.45) is 5.84. The van der Waals surface area contributed by atoms with Gasteiger partial charge in [-0.1, -0.05) is 0 Å². The maximum absolute atomic E-state index is 12.2. The highest BCUT2D eigenvalue weighted by atomic mass is 32.2. The molecule has 1 unspecified atom stereocenters. The number of nitrogens with zero attached hydrogens (tertiary/aromatic N) is 7. The summed E-state index contributed by atoms with van der Waals surface area (Å²) in [4.78, 5) is 18.0. The molecule has 2 fully saturated rings.